The molecule has 3 heteroatoms. The van der Waals surface area contributed by atoms with Gasteiger partial charge in [0.1, 0.15) is 0 Å². The van der Waals surface area contributed by atoms with E-state index in [4.69, 9.17) is 4.74 Å². The van der Waals surface area contributed by atoms with E-state index in [1.54, 1.807) is 0 Å². The van der Waals surface area contributed by atoms with Gasteiger partial charge in [-0.25, -0.2) is 0 Å². The highest BCUT2D eigenvalue weighted by atomic mass is 16.5. The molecule has 0 aromatic rings. The molecule has 1 atom stereocenters. The van der Waals surface area contributed by atoms with Crippen molar-refractivity contribution in [2.75, 3.05) is 13.2 Å². The summed E-state index contributed by atoms with van der Waals surface area (Å²) in [5.41, 5.74) is 0. The fourth-order valence-corrected chi connectivity index (χ4v) is 1.40. The van der Waals surface area contributed by atoms with Crippen LogP contribution < -0.4 is 5.32 Å². The standard InChI is InChI=1S/C13H27NO2/c1-6-12(7-2)14-8-11(5)13(15)16-9-10(3)4/h10-12,14H,6-9H2,1-5H3. The zero-order chi connectivity index (χ0) is 12.6. The van der Waals surface area contributed by atoms with E-state index in [1.807, 2.05) is 20.8 Å². The molecule has 0 aliphatic heterocycles. The third kappa shape index (κ3) is 6.83. The summed E-state index contributed by atoms with van der Waals surface area (Å²) < 4.78 is 5.19. The van der Waals surface area contributed by atoms with Crippen LogP contribution in [0.25, 0.3) is 0 Å². The summed E-state index contributed by atoms with van der Waals surface area (Å²) in [5, 5.41) is 3.39. The van der Waals surface area contributed by atoms with Crippen molar-refractivity contribution >= 4 is 5.97 Å². The fraction of sp³-hybridized carbons (Fsp3) is 0.923. The van der Waals surface area contributed by atoms with Crippen LogP contribution in [0.4, 0.5) is 0 Å². The number of nitrogens with one attached hydrogen (secondary N) is 1. The quantitative estimate of drug-likeness (QED) is 0.650. The molecule has 0 radical (unpaired) electrons. The Balaban J connectivity index is 3.78. The van der Waals surface area contributed by atoms with Crippen LogP contribution in [0.1, 0.15) is 47.5 Å². The number of hydrogen-bond donors (Lipinski definition) is 1. The first-order chi connectivity index (χ1) is 7.51. The molecule has 0 rings (SSSR count). The number of rotatable bonds is 8. The van der Waals surface area contributed by atoms with Crippen LogP contribution in [-0.4, -0.2) is 25.2 Å². The van der Waals surface area contributed by atoms with Gasteiger partial charge in [-0.2, -0.15) is 0 Å². The highest BCUT2D eigenvalue weighted by Crippen LogP contribution is 2.03. The third-order valence-electron chi connectivity index (χ3n) is 2.66. The Bertz CT molecular complexity index is 188. The Morgan fingerprint density at radius 1 is 1.19 bits per heavy atom. The summed E-state index contributed by atoms with van der Waals surface area (Å²) in [6, 6.07) is 0.514. The van der Waals surface area contributed by atoms with Crippen LogP contribution in [0.2, 0.25) is 0 Å². The van der Waals surface area contributed by atoms with E-state index < -0.39 is 0 Å². The minimum Gasteiger partial charge on any atom is -0.465 e. The Labute approximate surface area is 99.9 Å². The van der Waals surface area contributed by atoms with Crippen molar-refractivity contribution in [2.45, 2.75) is 53.5 Å². The lowest BCUT2D eigenvalue weighted by Gasteiger charge is -2.18. The van der Waals surface area contributed by atoms with Gasteiger partial charge in [0, 0.05) is 12.6 Å². The SMILES string of the molecule is CCC(CC)NCC(C)C(=O)OCC(C)C. The molecule has 0 aromatic carbocycles. The van der Waals surface area contributed by atoms with Crippen LogP contribution in [0.5, 0.6) is 0 Å². The molecular weight excluding hydrogens is 202 g/mol. The van der Waals surface area contributed by atoms with E-state index in [0.29, 0.717) is 25.1 Å². The average molecular weight is 229 g/mol. The second-order valence-electron chi connectivity index (χ2n) is 4.85. The molecule has 0 aliphatic carbocycles. The van der Waals surface area contributed by atoms with Gasteiger partial charge >= 0.3 is 5.97 Å². The Hall–Kier alpha value is -0.570. The maximum absolute atomic E-state index is 11.6. The molecule has 0 saturated carbocycles. The van der Waals surface area contributed by atoms with E-state index in [-0.39, 0.29) is 11.9 Å². The van der Waals surface area contributed by atoms with Gasteiger partial charge < -0.3 is 10.1 Å². The molecule has 0 heterocycles. The van der Waals surface area contributed by atoms with E-state index in [2.05, 4.69) is 19.2 Å². The molecule has 1 N–H and O–H groups in total. The van der Waals surface area contributed by atoms with Gasteiger partial charge in [-0.1, -0.05) is 34.6 Å². The minimum atomic E-state index is -0.0906. The number of esters is 1. The molecule has 0 saturated heterocycles. The summed E-state index contributed by atoms with van der Waals surface area (Å²) >= 11 is 0. The van der Waals surface area contributed by atoms with Crippen molar-refractivity contribution in [1.29, 1.82) is 0 Å². The summed E-state index contributed by atoms with van der Waals surface area (Å²) in [4.78, 5) is 11.6. The summed E-state index contributed by atoms with van der Waals surface area (Å²) in [5.74, 6) is 0.259. The zero-order valence-electron chi connectivity index (χ0n) is 11.4. The van der Waals surface area contributed by atoms with Crippen molar-refractivity contribution < 1.29 is 9.53 Å². The summed E-state index contributed by atoms with van der Waals surface area (Å²) in [6.45, 7) is 11.5. The maximum Gasteiger partial charge on any atom is 0.309 e. The first kappa shape index (κ1) is 15.4. The summed E-state index contributed by atoms with van der Waals surface area (Å²) in [7, 11) is 0. The van der Waals surface area contributed by atoms with E-state index in [0.717, 1.165) is 12.8 Å². The van der Waals surface area contributed by atoms with Crippen molar-refractivity contribution in [1.82, 2.24) is 5.32 Å². The summed E-state index contributed by atoms with van der Waals surface area (Å²) in [6.07, 6.45) is 2.20. The highest BCUT2D eigenvalue weighted by molar-refractivity contribution is 5.72. The van der Waals surface area contributed by atoms with Gasteiger partial charge in [0.05, 0.1) is 12.5 Å². The van der Waals surface area contributed by atoms with Gasteiger partial charge in [0.15, 0.2) is 0 Å². The molecule has 16 heavy (non-hydrogen) atoms. The van der Waals surface area contributed by atoms with Crippen LogP contribution >= 0.6 is 0 Å². The lowest BCUT2D eigenvalue weighted by Crippen LogP contribution is -2.35. The van der Waals surface area contributed by atoms with Crippen molar-refractivity contribution in [2.24, 2.45) is 11.8 Å². The topological polar surface area (TPSA) is 38.3 Å². The number of carbonyl (C=O) groups excluding carboxylic acids is 1. The van der Waals surface area contributed by atoms with Crippen LogP contribution in [0.3, 0.4) is 0 Å². The number of ether oxygens (including phenoxy) is 1. The molecule has 0 aliphatic rings. The van der Waals surface area contributed by atoms with Crippen LogP contribution in [-0.2, 0) is 9.53 Å². The number of hydrogen-bond acceptors (Lipinski definition) is 3. The molecular formula is C13H27NO2. The molecule has 0 amide bonds. The maximum atomic E-state index is 11.6. The average Bonchev–Trinajstić information content (AvgIpc) is 2.26. The van der Waals surface area contributed by atoms with Crippen molar-refractivity contribution in [3.8, 4) is 0 Å². The Morgan fingerprint density at radius 3 is 2.19 bits per heavy atom. The molecule has 0 bridgehead atoms. The molecule has 0 aromatic heterocycles. The molecule has 96 valence electrons. The smallest absolute Gasteiger partial charge is 0.309 e. The molecule has 1 unspecified atom stereocenters. The van der Waals surface area contributed by atoms with Gasteiger partial charge in [0.25, 0.3) is 0 Å². The van der Waals surface area contributed by atoms with E-state index >= 15 is 0 Å². The normalized spacial score (nSPS) is 13.2. The zero-order valence-corrected chi connectivity index (χ0v) is 11.4. The number of carbonyl (C=O) groups is 1. The Kier molecular flexibility index (Phi) is 8.26. The van der Waals surface area contributed by atoms with Crippen LogP contribution in [0, 0.1) is 11.8 Å². The largest absolute Gasteiger partial charge is 0.465 e. The first-order valence-corrected chi connectivity index (χ1v) is 6.41. The fourth-order valence-electron chi connectivity index (χ4n) is 1.40. The lowest BCUT2D eigenvalue weighted by atomic mass is 10.1. The highest BCUT2D eigenvalue weighted by Gasteiger charge is 2.15. The molecule has 0 fully saturated rings. The monoisotopic (exact) mass is 229 g/mol. The van der Waals surface area contributed by atoms with Gasteiger partial charge in [-0.3, -0.25) is 4.79 Å². The van der Waals surface area contributed by atoms with Crippen molar-refractivity contribution in [3.63, 3.8) is 0 Å². The van der Waals surface area contributed by atoms with Crippen molar-refractivity contribution in [3.05, 3.63) is 0 Å². The van der Waals surface area contributed by atoms with Gasteiger partial charge in [-0.15, -0.1) is 0 Å². The molecule has 0 spiro atoms. The second-order valence-corrected chi connectivity index (χ2v) is 4.85. The van der Waals surface area contributed by atoms with Crippen LogP contribution in [0.15, 0.2) is 0 Å². The third-order valence-corrected chi connectivity index (χ3v) is 2.66. The lowest BCUT2D eigenvalue weighted by molar-refractivity contribution is -0.148. The first-order valence-electron chi connectivity index (χ1n) is 6.41. The predicted octanol–water partition coefficient (Wildman–Crippen LogP) is 2.60. The van der Waals surface area contributed by atoms with E-state index in [9.17, 15) is 4.79 Å². The van der Waals surface area contributed by atoms with Gasteiger partial charge in [0.2, 0.25) is 0 Å². The Morgan fingerprint density at radius 2 is 1.75 bits per heavy atom. The van der Waals surface area contributed by atoms with E-state index in [1.165, 1.54) is 0 Å². The predicted molar refractivity (Wildman–Crippen MR) is 67.3 cm³/mol. The molecule has 3 nitrogen and oxygen atoms in total. The second kappa shape index (κ2) is 8.57. The minimum absolute atomic E-state index is 0.0562. The van der Waals surface area contributed by atoms with Gasteiger partial charge in [-0.05, 0) is 18.8 Å².